The number of hydrogen-bond acceptors (Lipinski definition) is 3. The smallest absolute Gasteiger partial charge is 0.138 e. The van der Waals surface area contributed by atoms with Crippen LogP contribution < -0.4 is 0 Å². The van der Waals surface area contributed by atoms with Crippen LogP contribution in [0, 0.1) is 11.3 Å². The van der Waals surface area contributed by atoms with Crippen molar-refractivity contribution in [2.24, 2.45) is 11.3 Å². The summed E-state index contributed by atoms with van der Waals surface area (Å²) in [6.45, 7) is 5.11. The topological polar surface area (TPSA) is 39.9 Å². The summed E-state index contributed by atoms with van der Waals surface area (Å²) in [5.74, 6) is 2.42. The maximum Gasteiger partial charge on any atom is 0.138 e. The average molecular weight is 284 g/mol. The highest BCUT2D eigenvalue weighted by Crippen LogP contribution is 2.49. The van der Waals surface area contributed by atoms with Crippen LogP contribution in [0.2, 0.25) is 0 Å². The van der Waals surface area contributed by atoms with E-state index >= 15 is 0 Å². The zero-order chi connectivity index (χ0) is 13.5. The lowest BCUT2D eigenvalue weighted by Gasteiger charge is -2.32. The van der Waals surface area contributed by atoms with Crippen molar-refractivity contribution in [2.75, 3.05) is 12.5 Å². The number of rotatable bonds is 5. The molecule has 0 radical (unpaired) electrons. The van der Waals surface area contributed by atoms with E-state index in [-0.39, 0.29) is 5.41 Å². The summed E-state index contributed by atoms with van der Waals surface area (Å²) in [6, 6.07) is 0.339. The lowest BCUT2D eigenvalue weighted by atomic mass is 9.77. The number of ether oxygens (including phenoxy) is 1. The maximum atomic E-state index is 6.34. The second-order valence-corrected chi connectivity index (χ2v) is 6.53. The van der Waals surface area contributed by atoms with Gasteiger partial charge in [0.15, 0.2) is 0 Å². The highest BCUT2D eigenvalue weighted by atomic mass is 35.5. The summed E-state index contributed by atoms with van der Waals surface area (Å²) in [5, 5.41) is 4.33. The van der Waals surface area contributed by atoms with Crippen LogP contribution in [0.4, 0.5) is 0 Å². The minimum absolute atomic E-state index is 0.0579. The number of alkyl halides is 1. The fraction of sp³-hybridized carbons (Fsp3) is 0.857. The highest BCUT2D eigenvalue weighted by molar-refractivity contribution is 6.18. The van der Waals surface area contributed by atoms with E-state index in [0.717, 1.165) is 31.2 Å². The molecule has 19 heavy (non-hydrogen) atoms. The van der Waals surface area contributed by atoms with Crippen molar-refractivity contribution in [3.63, 3.8) is 0 Å². The van der Waals surface area contributed by atoms with Gasteiger partial charge in [-0.25, -0.2) is 9.67 Å². The molecule has 5 heteroatoms. The molecule has 3 rings (SSSR count). The van der Waals surface area contributed by atoms with Crippen molar-refractivity contribution in [3.8, 4) is 0 Å². The van der Waals surface area contributed by atoms with Crippen LogP contribution in [0.1, 0.15) is 45.0 Å². The van der Waals surface area contributed by atoms with E-state index in [9.17, 15) is 0 Å². The van der Waals surface area contributed by atoms with Gasteiger partial charge >= 0.3 is 0 Å². The Kier molecular flexibility index (Phi) is 3.56. The Morgan fingerprint density at radius 1 is 1.53 bits per heavy atom. The van der Waals surface area contributed by atoms with E-state index in [1.165, 1.54) is 12.8 Å². The van der Waals surface area contributed by atoms with Crippen LogP contribution in [-0.2, 0) is 11.2 Å². The third-order valence-corrected chi connectivity index (χ3v) is 5.00. The second-order valence-electron chi connectivity index (χ2n) is 6.27. The molecule has 0 bridgehead atoms. The minimum Gasteiger partial charge on any atom is -0.377 e. The van der Waals surface area contributed by atoms with Gasteiger partial charge in [0.2, 0.25) is 0 Å². The first kappa shape index (κ1) is 13.4. The minimum atomic E-state index is 0.0579. The van der Waals surface area contributed by atoms with Gasteiger partial charge in [-0.2, -0.15) is 5.10 Å². The summed E-state index contributed by atoms with van der Waals surface area (Å²) in [5.41, 5.74) is 0.0579. The van der Waals surface area contributed by atoms with Crippen LogP contribution in [0.3, 0.4) is 0 Å². The molecule has 0 amide bonds. The number of halogens is 1. The fourth-order valence-electron chi connectivity index (χ4n) is 3.27. The van der Waals surface area contributed by atoms with E-state index < -0.39 is 0 Å². The number of hydrogen-bond donors (Lipinski definition) is 0. The molecular weight excluding hydrogens is 262 g/mol. The predicted molar refractivity (Wildman–Crippen MR) is 74.3 cm³/mol. The summed E-state index contributed by atoms with van der Waals surface area (Å²) in [4.78, 5) is 4.45. The van der Waals surface area contributed by atoms with Crippen LogP contribution in [0.25, 0.3) is 0 Å². The van der Waals surface area contributed by atoms with Gasteiger partial charge in [0.1, 0.15) is 12.2 Å². The molecule has 2 fully saturated rings. The zero-order valence-corrected chi connectivity index (χ0v) is 12.4. The summed E-state index contributed by atoms with van der Waals surface area (Å²) in [7, 11) is 0. The van der Waals surface area contributed by atoms with Crippen molar-refractivity contribution in [3.05, 3.63) is 12.2 Å². The maximum absolute atomic E-state index is 6.34. The average Bonchev–Trinajstić information content (AvgIpc) is 2.98. The van der Waals surface area contributed by atoms with Gasteiger partial charge in [-0.15, -0.1) is 11.6 Å². The third kappa shape index (κ3) is 2.40. The molecule has 1 aromatic heterocycles. The molecule has 2 atom stereocenters. The molecule has 106 valence electrons. The molecular formula is C14H22ClN3O. The molecule has 2 aliphatic rings. The van der Waals surface area contributed by atoms with E-state index in [0.29, 0.717) is 18.0 Å². The van der Waals surface area contributed by atoms with Gasteiger partial charge < -0.3 is 4.74 Å². The Morgan fingerprint density at radius 2 is 2.32 bits per heavy atom. The van der Waals surface area contributed by atoms with Crippen LogP contribution in [0.5, 0.6) is 0 Å². The van der Waals surface area contributed by atoms with Gasteiger partial charge in [-0.3, -0.25) is 0 Å². The van der Waals surface area contributed by atoms with E-state index in [1.807, 2.05) is 4.68 Å². The normalized spacial score (nSPS) is 31.3. The molecule has 2 unspecified atom stereocenters. The first-order chi connectivity index (χ1) is 9.16. The molecule has 1 aromatic rings. The Labute approximate surface area is 119 Å². The van der Waals surface area contributed by atoms with E-state index in [1.54, 1.807) is 6.33 Å². The van der Waals surface area contributed by atoms with Gasteiger partial charge in [0.25, 0.3) is 0 Å². The lowest BCUT2D eigenvalue weighted by molar-refractivity contribution is 0.0389. The first-order valence-corrected chi connectivity index (χ1v) is 7.76. The Hall–Kier alpha value is -0.610. The number of aromatic nitrogens is 3. The summed E-state index contributed by atoms with van der Waals surface area (Å²) in [6.07, 6.45) is 6.49. The zero-order valence-electron chi connectivity index (χ0n) is 11.7. The molecule has 0 aromatic carbocycles. The highest BCUT2D eigenvalue weighted by Gasteiger charge is 2.51. The second kappa shape index (κ2) is 5.06. The number of nitrogens with zero attached hydrogens (tertiary/aromatic N) is 3. The van der Waals surface area contributed by atoms with Crippen LogP contribution in [-0.4, -0.2) is 33.4 Å². The van der Waals surface area contributed by atoms with Crippen molar-refractivity contribution in [1.29, 1.82) is 0 Å². The van der Waals surface area contributed by atoms with Crippen molar-refractivity contribution in [2.45, 2.75) is 51.7 Å². The summed E-state index contributed by atoms with van der Waals surface area (Å²) >= 11 is 6.34. The molecule has 0 N–H and O–H groups in total. The summed E-state index contributed by atoms with van der Waals surface area (Å²) < 4.78 is 8.00. The molecule has 2 heterocycles. The third-order valence-electron chi connectivity index (χ3n) is 4.46. The van der Waals surface area contributed by atoms with E-state index in [2.05, 4.69) is 23.9 Å². The Morgan fingerprint density at radius 3 is 2.95 bits per heavy atom. The molecule has 0 spiro atoms. The Balaban J connectivity index is 1.84. The van der Waals surface area contributed by atoms with Crippen LogP contribution >= 0.6 is 11.6 Å². The SMILES string of the molecule is CC(C)n1ncnc1CC1(CCl)CCOC1C1CC1. The lowest BCUT2D eigenvalue weighted by Crippen LogP contribution is -2.37. The monoisotopic (exact) mass is 283 g/mol. The molecule has 1 aliphatic heterocycles. The van der Waals surface area contributed by atoms with Crippen molar-refractivity contribution >= 4 is 11.6 Å². The predicted octanol–water partition coefficient (Wildman–Crippen LogP) is 2.83. The molecule has 4 nitrogen and oxygen atoms in total. The Bertz CT molecular complexity index is 444. The van der Waals surface area contributed by atoms with Crippen molar-refractivity contribution in [1.82, 2.24) is 14.8 Å². The fourth-order valence-corrected chi connectivity index (χ4v) is 3.65. The molecule has 1 aliphatic carbocycles. The van der Waals surface area contributed by atoms with Gasteiger partial charge in [-0.1, -0.05) is 0 Å². The van der Waals surface area contributed by atoms with Crippen LogP contribution in [0.15, 0.2) is 6.33 Å². The van der Waals surface area contributed by atoms with E-state index in [4.69, 9.17) is 16.3 Å². The van der Waals surface area contributed by atoms with Gasteiger partial charge in [-0.05, 0) is 39.0 Å². The van der Waals surface area contributed by atoms with Crippen molar-refractivity contribution < 1.29 is 4.74 Å². The molecule has 1 saturated heterocycles. The largest absolute Gasteiger partial charge is 0.377 e. The van der Waals surface area contributed by atoms with Gasteiger partial charge in [0.05, 0.1) is 6.10 Å². The molecule has 1 saturated carbocycles. The van der Waals surface area contributed by atoms with Gasteiger partial charge in [0, 0.05) is 30.4 Å². The quantitative estimate of drug-likeness (QED) is 0.780. The first-order valence-electron chi connectivity index (χ1n) is 7.22. The standard InChI is InChI=1S/C14H22ClN3O/c1-10(2)18-12(16-9-17-18)7-14(8-15)5-6-19-13(14)11-3-4-11/h9-11,13H,3-8H2,1-2H3.